The number of carbonyl (C=O) groups excluding carboxylic acids is 2. The maximum atomic E-state index is 12.4. The van der Waals surface area contributed by atoms with Gasteiger partial charge in [-0.1, -0.05) is 25.0 Å². The largest absolute Gasteiger partial charge is 0.492 e. The molecule has 2 amide bonds. The van der Waals surface area contributed by atoms with Gasteiger partial charge in [0.2, 0.25) is 11.8 Å². The van der Waals surface area contributed by atoms with Crippen LogP contribution in [0.2, 0.25) is 0 Å². The van der Waals surface area contributed by atoms with Gasteiger partial charge in [0.1, 0.15) is 5.75 Å². The molecule has 0 bridgehead atoms. The van der Waals surface area contributed by atoms with Crippen molar-refractivity contribution in [2.45, 2.75) is 57.2 Å². The van der Waals surface area contributed by atoms with E-state index < -0.39 is 6.04 Å². The Morgan fingerprint density at radius 3 is 2.79 bits per heavy atom. The number of nitrogens with one attached hydrogen (secondary N) is 3. The predicted molar refractivity (Wildman–Crippen MR) is 92.0 cm³/mol. The van der Waals surface area contributed by atoms with Crippen LogP contribution in [0.5, 0.6) is 5.75 Å². The van der Waals surface area contributed by atoms with E-state index in [9.17, 15) is 9.59 Å². The number of rotatable bonds is 5. The summed E-state index contributed by atoms with van der Waals surface area (Å²) >= 11 is 0. The van der Waals surface area contributed by atoms with Crippen molar-refractivity contribution in [1.29, 1.82) is 0 Å². The highest BCUT2D eigenvalue weighted by Crippen LogP contribution is 2.25. The molecule has 0 radical (unpaired) electrons. The molecule has 6 nitrogen and oxygen atoms in total. The normalized spacial score (nSPS) is 26.2. The molecule has 0 aromatic heterocycles. The molecular weight excluding hydrogens is 306 g/mol. The summed E-state index contributed by atoms with van der Waals surface area (Å²) in [4.78, 5) is 24.6. The fourth-order valence-electron chi connectivity index (χ4n) is 3.51. The highest BCUT2D eigenvalue weighted by molar-refractivity contribution is 5.96. The van der Waals surface area contributed by atoms with E-state index in [-0.39, 0.29) is 30.3 Å². The van der Waals surface area contributed by atoms with Crippen LogP contribution >= 0.6 is 0 Å². The van der Waals surface area contributed by atoms with Crippen LogP contribution in [0.25, 0.3) is 0 Å². The molecule has 1 aromatic carbocycles. The van der Waals surface area contributed by atoms with Gasteiger partial charge in [-0.2, -0.15) is 0 Å². The predicted octanol–water partition coefficient (Wildman–Crippen LogP) is 1.81. The number of ether oxygens (including phenoxy) is 1. The van der Waals surface area contributed by atoms with Crippen LogP contribution in [0.4, 0.5) is 5.69 Å². The van der Waals surface area contributed by atoms with Crippen molar-refractivity contribution in [3.63, 3.8) is 0 Å². The van der Waals surface area contributed by atoms with E-state index >= 15 is 0 Å². The minimum atomic E-state index is -0.469. The summed E-state index contributed by atoms with van der Waals surface area (Å²) in [6.07, 6.45) is 4.52. The number of anilines is 1. The van der Waals surface area contributed by atoms with E-state index in [1.54, 1.807) is 6.07 Å². The third kappa shape index (κ3) is 3.87. The summed E-state index contributed by atoms with van der Waals surface area (Å²) in [6, 6.07) is 7.35. The average molecular weight is 331 g/mol. The van der Waals surface area contributed by atoms with E-state index in [2.05, 4.69) is 16.0 Å². The molecule has 1 saturated carbocycles. The van der Waals surface area contributed by atoms with Gasteiger partial charge in [0, 0.05) is 12.1 Å². The molecule has 1 heterocycles. The quantitative estimate of drug-likeness (QED) is 0.769. The Bertz CT molecular complexity index is 605. The molecule has 3 rings (SSSR count). The first-order valence-corrected chi connectivity index (χ1v) is 8.75. The summed E-state index contributed by atoms with van der Waals surface area (Å²) in [5.41, 5.74) is 0.635. The molecule has 24 heavy (non-hydrogen) atoms. The third-order valence-corrected chi connectivity index (χ3v) is 4.68. The first-order chi connectivity index (χ1) is 11.7. The second-order valence-corrected chi connectivity index (χ2v) is 6.41. The zero-order valence-corrected chi connectivity index (χ0v) is 14.0. The van der Waals surface area contributed by atoms with Crippen molar-refractivity contribution in [3.8, 4) is 5.75 Å². The minimum Gasteiger partial charge on any atom is -0.492 e. The second-order valence-electron chi connectivity index (χ2n) is 6.41. The number of piperazine rings is 1. The lowest BCUT2D eigenvalue weighted by molar-refractivity contribution is -0.129. The molecule has 3 atom stereocenters. The van der Waals surface area contributed by atoms with Gasteiger partial charge >= 0.3 is 0 Å². The molecule has 2 aliphatic rings. The van der Waals surface area contributed by atoms with Crippen molar-refractivity contribution >= 4 is 17.5 Å². The van der Waals surface area contributed by atoms with Gasteiger partial charge in [0.25, 0.3) is 0 Å². The Labute approximate surface area is 142 Å². The topological polar surface area (TPSA) is 79.5 Å². The van der Waals surface area contributed by atoms with Crippen LogP contribution in [0, 0.1) is 0 Å². The third-order valence-electron chi connectivity index (χ3n) is 4.68. The highest BCUT2D eigenvalue weighted by atomic mass is 16.5. The van der Waals surface area contributed by atoms with Gasteiger partial charge < -0.3 is 20.7 Å². The van der Waals surface area contributed by atoms with Crippen molar-refractivity contribution < 1.29 is 14.3 Å². The molecule has 130 valence electrons. The number of fused-ring (bicyclic) bond motifs is 1. The van der Waals surface area contributed by atoms with Crippen LogP contribution in [-0.2, 0) is 9.59 Å². The Morgan fingerprint density at radius 2 is 2.00 bits per heavy atom. The lowest BCUT2D eigenvalue weighted by Crippen LogP contribution is -2.65. The van der Waals surface area contributed by atoms with E-state index in [0.717, 1.165) is 19.3 Å². The Hall–Kier alpha value is -2.08. The van der Waals surface area contributed by atoms with Gasteiger partial charge in [0.15, 0.2) is 0 Å². The van der Waals surface area contributed by atoms with Gasteiger partial charge in [-0.25, -0.2) is 0 Å². The molecule has 1 aliphatic heterocycles. The van der Waals surface area contributed by atoms with Crippen molar-refractivity contribution in [2.24, 2.45) is 0 Å². The van der Waals surface area contributed by atoms with Crippen molar-refractivity contribution in [2.75, 3.05) is 11.9 Å². The molecule has 0 unspecified atom stereocenters. The Balaban J connectivity index is 1.59. The standard InChI is InChI=1S/C18H25N3O3/c1-2-24-16-10-6-5-9-14(16)20-17(22)11-15-18(23)21-13-8-4-3-7-12(13)19-15/h5-6,9-10,12-13,15,19H,2-4,7-8,11H2,1H3,(H,20,22)(H,21,23)/t12-,13+,15+/m1/s1. The molecule has 1 saturated heterocycles. The summed E-state index contributed by atoms with van der Waals surface area (Å²) in [6.45, 7) is 2.43. The number of amides is 2. The fourth-order valence-corrected chi connectivity index (χ4v) is 3.51. The monoisotopic (exact) mass is 331 g/mol. The minimum absolute atomic E-state index is 0.0774. The smallest absolute Gasteiger partial charge is 0.237 e. The average Bonchev–Trinajstić information content (AvgIpc) is 2.57. The molecule has 0 spiro atoms. The molecule has 6 heteroatoms. The highest BCUT2D eigenvalue weighted by Gasteiger charge is 2.36. The molecule has 2 fully saturated rings. The second kappa shape index (κ2) is 7.66. The fraction of sp³-hybridized carbons (Fsp3) is 0.556. The zero-order chi connectivity index (χ0) is 16.9. The molecule has 1 aromatic rings. The van der Waals surface area contributed by atoms with Gasteiger partial charge in [-0.3, -0.25) is 9.59 Å². The van der Waals surface area contributed by atoms with E-state index in [0.29, 0.717) is 18.0 Å². The SMILES string of the molecule is CCOc1ccccc1NC(=O)C[C@@H]1N[C@@H]2CCCC[C@@H]2NC1=O. The first-order valence-electron chi connectivity index (χ1n) is 8.75. The summed E-state index contributed by atoms with van der Waals surface area (Å²) < 4.78 is 5.51. The van der Waals surface area contributed by atoms with E-state index in [4.69, 9.17) is 4.74 Å². The van der Waals surface area contributed by atoms with Gasteiger partial charge in [-0.15, -0.1) is 0 Å². The number of hydrogen-bond acceptors (Lipinski definition) is 4. The van der Waals surface area contributed by atoms with Gasteiger partial charge in [-0.05, 0) is 31.9 Å². The van der Waals surface area contributed by atoms with Crippen LogP contribution in [0.1, 0.15) is 39.0 Å². The maximum Gasteiger partial charge on any atom is 0.237 e. The summed E-state index contributed by atoms with van der Waals surface area (Å²) in [5.74, 6) is 0.372. The molecular formula is C18H25N3O3. The molecule has 3 N–H and O–H groups in total. The van der Waals surface area contributed by atoms with E-state index in [1.165, 1.54) is 6.42 Å². The first kappa shape index (κ1) is 16.8. The van der Waals surface area contributed by atoms with Crippen LogP contribution in [0.3, 0.4) is 0 Å². The van der Waals surface area contributed by atoms with Crippen LogP contribution in [0.15, 0.2) is 24.3 Å². The lowest BCUT2D eigenvalue weighted by atomic mass is 9.87. The summed E-state index contributed by atoms with van der Waals surface area (Å²) in [5, 5.41) is 9.27. The zero-order valence-electron chi connectivity index (χ0n) is 14.0. The number of hydrogen-bond donors (Lipinski definition) is 3. The van der Waals surface area contributed by atoms with E-state index in [1.807, 2.05) is 25.1 Å². The van der Waals surface area contributed by atoms with Crippen molar-refractivity contribution in [3.05, 3.63) is 24.3 Å². The molecule has 1 aliphatic carbocycles. The van der Waals surface area contributed by atoms with Gasteiger partial charge in [0.05, 0.1) is 24.8 Å². The number of benzene rings is 1. The number of para-hydroxylation sites is 2. The van der Waals surface area contributed by atoms with Crippen LogP contribution in [-0.4, -0.2) is 36.5 Å². The Kier molecular flexibility index (Phi) is 5.35. The maximum absolute atomic E-state index is 12.4. The van der Waals surface area contributed by atoms with Crippen LogP contribution < -0.4 is 20.7 Å². The van der Waals surface area contributed by atoms with Crippen molar-refractivity contribution in [1.82, 2.24) is 10.6 Å². The Morgan fingerprint density at radius 1 is 1.25 bits per heavy atom. The lowest BCUT2D eigenvalue weighted by Gasteiger charge is -2.40. The summed E-state index contributed by atoms with van der Waals surface area (Å²) in [7, 11) is 0. The number of carbonyl (C=O) groups is 2.